The van der Waals surface area contributed by atoms with Crippen molar-refractivity contribution in [1.29, 1.82) is 0 Å². The van der Waals surface area contributed by atoms with E-state index >= 15 is 0 Å². The zero-order valence-corrected chi connectivity index (χ0v) is 11.7. The second-order valence-electron chi connectivity index (χ2n) is 4.01. The van der Waals surface area contributed by atoms with Crippen molar-refractivity contribution in [2.45, 2.75) is 19.9 Å². The summed E-state index contributed by atoms with van der Waals surface area (Å²) in [5.74, 6) is 0. The number of hydrogen-bond donors (Lipinski definition) is 1. The molecule has 0 fully saturated rings. The van der Waals surface area contributed by atoms with Crippen molar-refractivity contribution in [3.8, 4) is 0 Å². The van der Waals surface area contributed by atoms with Crippen LogP contribution in [0.3, 0.4) is 0 Å². The minimum Gasteiger partial charge on any atom is -0.320 e. The van der Waals surface area contributed by atoms with E-state index in [9.17, 15) is 0 Å². The van der Waals surface area contributed by atoms with Crippen molar-refractivity contribution in [2.24, 2.45) is 5.73 Å². The molecule has 3 heteroatoms. The van der Waals surface area contributed by atoms with Gasteiger partial charge in [-0.15, -0.1) is 11.3 Å². The summed E-state index contributed by atoms with van der Waals surface area (Å²) in [6.45, 7) is 4.24. The first-order valence-corrected chi connectivity index (χ1v) is 6.82. The van der Waals surface area contributed by atoms with Crippen molar-refractivity contribution in [2.75, 3.05) is 0 Å². The Hall–Kier alpha value is -0.640. The number of halogens is 1. The van der Waals surface area contributed by atoms with Crippen molar-refractivity contribution >= 4 is 27.3 Å². The van der Waals surface area contributed by atoms with E-state index in [2.05, 4.69) is 59.4 Å². The van der Waals surface area contributed by atoms with E-state index in [0.717, 1.165) is 3.79 Å². The molecule has 0 spiro atoms. The molecule has 16 heavy (non-hydrogen) atoms. The van der Waals surface area contributed by atoms with Crippen LogP contribution in [0, 0.1) is 13.8 Å². The molecule has 0 aliphatic rings. The molecule has 0 amide bonds. The number of nitrogens with two attached hydrogens (primary N) is 1. The molecule has 1 aromatic heterocycles. The quantitative estimate of drug-likeness (QED) is 0.884. The van der Waals surface area contributed by atoms with E-state index in [1.165, 1.54) is 22.3 Å². The first-order valence-electron chi connectivity index (χ1n) is 5.14. The topological polar surface area (TPSA) is 26.0 Å². The van der Waals surface area contributed by atoms with E-state index in [-0.39, 0.29) is 6.04 Å². The van der Waals surface area contributed by atoms with Crippen molar-refractivity contribution in [3.63, 3.8) is 0 Å². The number of thiophene rings is 1. The highest BCUT2D eigenvalue weighted by Gasteiger charge is 2.11. The normalized spacial score (nSPS) is 12.8. The third-order valence-corrected chi connectivity index (χ3v) is 4.36. The zero-order valence-electron chi connectivity index (χ0n) is 9.33. The molecule has 1 heterocycles. The molecular weight excluding hydrogens is 282 g/mol. The summed E-state index contributed by atoms with van der Waals surface area (Å²) < 4.78 is 1.13. The molecule has 0 saturated heterocycles. The Bertz CT molecular complexity index is 504. The highest BCUT2D eigenvalue weighted by molar-refractivity contribution is 9.11. The molecule has 1 atom stereocenters. The molecule has 2 aromatic rings. The third-order valence-electron chi connectivity index (χ3n) is 2.84. The fourth-order valence-electron chi connectivity index (χ4n) is 1.64. The summed E-state index contributed by atoms with van der Waals surface area (Å²) in [7, 11) is 0. The molecular formula is C13H14BrNS. The maximum absolute atomic E-state index is 6.23. The second kappa shape index (κ2) is 4.70. The Balaban J connectivity index is 2.33. The van der Waals surface area contributed by atoms with Gasteiger partial charge in [0.2, 0.25) is 0 Å². The van der Waals surface area contributed by atoms with Gasteiger partial charge in [0.05, 0.1) is 9.83 Å². The number of aryl methyl sites for hydroxylation is 2. The summed E-state index contributed by atoms with van der Waals surface area (Å²) in [6.07, 6.45) is 0. The number of hydrogen-bond acceptors (Lipinski definition) is 2. The molecule has 1 unspecified atom stereocenters. The van der Waals surface area contributed by atoms with Crippen LogP contribution in [0.15, 0.2) is 33.4 Å². The fourth-order valence-corrected chi connectivity index (χ4v) is 2.85. The summed E-state index contributed by atoms with van der Waals surface area (Å²) in [5, 5.41) is 2.10. The molecule has 2 rings (SSSR count). The smallest absolute Gasteiger partial charge is 0.0701 e. The third kappa shape index (κ3) is 2.37. The van der Waals surface area contributed by atoms with Gasteiger partial charge in [-0.25, -0.2) is 0 Å². The summed E-state index contributed by atoms with van der Waals surface area (Å²) >= 11 is 5.13. The number of benzene rings is 1. The molecule has 0 bridgehead atoms. The second-order valence-corrected chi connectivity index (χ2v) is 6.30. The van der Waals surface area contributed by atoms with Crippen LogP contribution in [0.5, 0.6) is 0 Å². The minimum absolute atomic E-state index is 0.0261. The molecule has 1 nitrogen and oxygen atoms in total. The molecule has 2 N–H and O–H groups in total. The van der Waals surface area contributed by atoms with Crippen molar-refractivity contribution in [1.82, 2.24) is 0 Å². The summed E-state index contributed by atoms with van der Waals surface area (Å²) in [4.78, 5) is 0. The van der Waals surface area contributed by atoms with Gasteiger partial charge in [0, 0.05) is 0 Å². The maximum Gasteiger partial charge on any atom is 0.0701 e. The van der Waals surface area contributed by atoms with Gasteiger partial charge in [-0.05, 0) is 63.5 Å². The SMILES string of the molecule is Cc1ccc(C(N)c2csc(Br)c2)cc1C. The first-order chi connectivity index (χ1) is 7.58. The van der Waals surface area contributed by atoms with E-state index < -0.39 is 0 Å². The van der Waals surface area contributed by atoms with Gasteiger partial charge in [-0.2, -0.15) is 0 Å². The van der Waals surface area contributed by atoms with Gasteiger partial charge in [0.25, 0.3) is 0 Å². The Labute approximate surface area is 108 Å². The Morgan fingerprint density at radius 1 is 1.12 bits per heavy atom. The van der Waals surface area contributed by atoms with E-state index in [4.69, 9.17) is 5.73 Å². The van der Waals surface area contributed by atoms with Crippen LogP contribution in [0.25, 0.3) is 0 Å². The lowest BCUT2D eigenvalue weighted by Crippen LogP contribution is -2.11. The van der Waals surface area contributed by atoms with Gasteiger partial charge in [-0.1, -0.05) is 18.2 Å². The predicted molar refractivity (Wildman–Crippen MR) is 74.0 cm³/mol. The predicted octanol–water partition coefficient (Wildman–Crippen LogP) is 4.18. The van der Waals surface area contributed by atoms with Gasteiger partial charge < -0.3 is 5.73 Å². The molecule has 0 saturated carbocycles. The van der Waals surface area contributed by atoms with Gasteiger partial charge in [-0.3, -0.25) is 0 Å². The summed E-state index contributed by atoms with van der Waals surface area (Å²) in [5.41, 5.74) is 11.2. The van der Waals surface area contributed by atoms with Gasteiger partial charge >= 0.3 is 0 Å². The average Bonchev–Trinajstić information content (AvgIpc) is 2.68. The largest absolute Gasteiger partial charge is 0.320 e. The van der Waals surface area contributed by atoms with Crippen LogP contribution in [0.2, 0.25) is 0 Å². The monoisotopic (exact) mass is 295 g/mol. The van der Waals surface area contributed by atoms with Gasteiger partial charge in [0.1, 0.15) is 0 Å². The van der Waals surface area contributed by atoms with Crippen LogP contribution in [0.4, 0.5) is 0 Å². The lowest BCUT2D eigenvalue weighted by Gasteiger charge is -2.12. The van der Waals surface area contributed by atoms with E-state index in [1.54, 1.807) is 11.3 Å². The van der Waals surface area contributed by atoms with Gasteiger partial charge in [0.15, 0.2) is 0 Å². The van der Waals surface area contributed by atoms with Crippen LogP contribution < -0.4 is 5.73 Å². The Morgan fingerprint density at radius 3 is 2.44 bits per heavy atom. The summed E-state index contributed by atoms with van der Waals surface area (Å²) in [6, 6.07) is 8.47. The molecule has 0 aliphatic heterocycles. The molecule has 0 aliphatic carbocycles. The van der Waals surface area contributed by atoms with Crippen LogP contribution in [-0.2, 0) is 0 Å². The highest BCUT2D eigenvalue weighted by Crippen LogP contribution is 2.28. The highest BCUT2D eigenvalue weighted by atomic mass is 79.9. The first kappa shape index (κ1) is 11.8. The van der Waals surface area contributed by atoms with E-state index in [0.29, 0.717) is 0 Å². The number of rotatable bonds is 2. The molecule has 0 radical (unpaired) electrons. The average molecular weight is 296 g/mol. The van der Waals surface area contributed by atoms with Crippen LogP contribution >= 0.6 is 27.3 Å². The minimum atomic E-state index is -0.0261. The molecule has 84 valence electrons. The van der Waals surface area contributed by atoms with Crippen LogP contribution in [0.1, 0.15) is 28.3 Å². The molecule has 1 aromatic carbocycles. The Morgan fingerprint density at radius 2 is 1.88 bits per heavy atom. The van der Waals surface area contributed by atoms with Crippen molar-refractivity contribution in [3.05, 3.63) is 55.7 Å². The van der Waals surface area contributed by atoms with Crippen molar-refractivity contribution < 1.29 is 0 Å². The fraction of sp³-hybridized carbons (Fsp3) is 0.231. The Kier molecular flexibility index (Phi) is 3.47. The maximum atomic E-state index is 6.23. The lowest BCUT2D eigenvalue weighted by atomic mass is 9.98. The standard InChI is InChI=1S/C13H14BrNS/c1-8-3-4-10(5-9(8)2)13(15)11-6-12(14)16-7-11/h3-7,13H,15H2,1-2H3. The van der Waals surface area contributed by atoms with Crippen LogP contribution in [-0.4, -0.2) is 0 Å². The lowest BCUT2D eigenvalue weighted by molar-refractivity contribution is 0.873. The zero-order chi connectivity index (χ0) is 11.7. The van der Waals surface area contributed by atoms with E-state index in [1.807, 2.05) is 0 Å².